The van der Waals surface area contributed by atoms with Crippen molar-refractivity contribution in [1.29, 1.82) is 0 Å². The lowest BCUT2D eigenvalue weighted by Gasteiger charge is -2.32. The number of piperidine rings is 1. The Hall–Kier alpha value is -1.40. The second kappa shape index (κ2) is 6.58. The lowest BCUT2D eigenvalue weighted by Crippen LogP contribution is -2.36. The Morgan fingerprint density at radius 2 is 2.33 bits per heavy atom. The van der Waals surface area contributed by atoms with E-state index in [-0.39, 0.29) is 0 Å². The van der Waals surface area contributed by atoms with Crippen molar-refractivity contribution in [2.45, 2.75) is 31.6 Å². The first kappa shape index (κ1) is 14.5. The van der Waals surface area contributed by atoms with Crippen LogP contribution in [0, 0.1) is 5.92 Å². The highest BCUT2D eigenvalue weighted by Crippen LogP contribution is 2.29. The molecule has 1 aliphatic heterocycles. The number of aromatic nitrogens is 2. The van der Waals surface area contributed by atoms with Crippen molar-refractivity contribution in [2.24, 2.45) is 11.7 Å². The summed E-state index contributed by atoms with van der Waals surface area (Å²) < 4.78 is 5.71. The van der Waals surface area contributed by atoms with Gasteiger partial charge in [-0.05, 0) is 44.2 Å². The first-order valence-electron chi connectivity index (χ1n) is 7.87. The molecule has 0 radical (unpaired) electrons. The van der Waals surface area contributed by atoms with E-state index in [0.717, 1.165) is 57.3 Å². The van der Waals surface area contributed by atoms with Crippen LogP contribution in [0.3, 0.4) is 0 Å². The van der Waals surface area contributed by atoms with Crippen LogP contribution in [0.5, 0.6) is 0 Å². The molecule has 1 saturated heterocycles. The predicted octanol–water partition coefficient (Wildman–Crippen LogP) is 1.11. The summed E-state index contributed by atoms with van der Waals surface area (Å²) in [6.45, 7) is 4.85. The van der Waals surface area contributed by atoms with Gasteiger partial charge in [-0.2, -0.15) is 5.10 Å². The molecule has 3 rings (SSSR count). The lowest BCUT2D eigenvalue weighted by molar-refractivity contribution is 0.0861. The number of aromatic amines is 1. The van der Waals surface area contributed by atoms with Gasteiger partial charge < -0.3 is 15.4 Å². The number of hydrogen-bond donors (Lipinski definition) is 2. The SMILES string of the molecule is NC(=O)c1cc([C@H]2CCCN(CCOCC3CC3)C2)[nH]n1. The number of ether oxygens (including phenoxy) is 1. The topological polar surface area (TPSA) is 84.2 Å². The summed E-state index contributed by atoms with van der Waals surface area (Å²) in [5.74, 6) is 0.762. The summed E-state index contributed by atoms with van der Waals surface area (Å²) in [5, 5.41) is 6.93. The van der Waals surface area contributed by atoms with Crippen molar-refractivity contribution in [3.05, 3.63) is 17.5 Å². The largest absolute Gasteiger partial charge is 0.380 e. The molecule has 2 aliphatic rings. The van der Waals surface area contributed by atoms with E-state index in [1.165, 1.54) is 12.8 Å². The van der Waals surface area contributed by atoms with Crippen LogP contribution in [0.2, 0.25) is 0 Å². The normalized spacial score (nSPS) is 23.3. The first-order valence-corrected chi connectivity index (χ1v) is 7.87. The summed E-state index contributed by atoms with van der Waals surface area (Å²) in [5.41, 5.74) is 6.60. The summed E-state index contributed by atoms with van der Waals surface area (Å²) in [4.78, 5) is 13.5. The van der Waals surface area contributed by atoms with Gasteiger partial charge in [-0.15, -0.1) is 0 Å². The van der Waals surface area contributed by atoms with Gasteiger partial charge in [0.05, 0.1) is 6.61 Å². The zero-order chi connectivity index (χ0) is 14.7. The zero-order valence-electron chi connectivity index (χ0n) is 12.4. The number of amides is 1. The van der Waals surface area contributed by atoms with Crippen LogP contribution in [-0.4, -0.2) is 53.9 Å². The number of rotatable bonds is 7. The maximum Gasteiger partial charge on any atom is 0.269 e. The maximum atomic E-state index is 11.1. The highest BCUT2D eigenvalue weighted by Gasteiger charge is 2.24. The third-order valence-electron chi connectivity index (χ3n) is 4.40. The summed E-state index contributed by atoms with van der Waals surface area (Å²) in [7, 11) is 0. The summed E-state index contributed by atoms with van der Waals surface area (Å²) >= 11 is 0. The maximum absolute atomic E-state index is 11.1. The van der Waals surface area contributed by atoms with E-state index < -0.39 is 5.91 Å². The third kappa shape index (κ3) is 4.04. The van der Waals surface area contributed by atoms with Gasteiger partial charge in [0.15, 0.2) is 0 Å². The predicted molar refractivity (Wildman–Crippen MR) is 79.1 cm³/mol. The number of nitrogens with zero attached hydrogens (tertiary/aromatic N) is 2. The average Bonchev–Trinajstić information content (AvgIpc) is 3.17. The van der Waals surface area contributed by atoms with E-state index >= 15 is 0 Å². The van der Waals surface area contributed by atoms with Crippen LogP contribution in [0.15, 0.2) is 6.07 Å². The monoisotopic (exact) mass is 292 g/mol. The minimum absolute atomic E-state index is 0.329. The van der Waals surface area contributed by atoms with E-state index in [2.05, 4.69) is 15.1 Å². The van der Waals surface area contributed by atoms with Gasteiger partial charge in [-0.25, -0.2) is 0 Å². The number of H-pyrrole nitrogens is 1. The van der Waals surface area contributed by atoms with Gasteiger partial charge >= 0.3 is 0 Å². The highest BCUT2D eigenvalue weighted by molar-refractivity contribution is 5.90. The molecule has 1 atom stereocenters. The number of likely N-dealkylation sites (tertiary alicyclic amines) is 1. The molecule has 116 valence electrons. The molecule has 0 bridgehead atoms. The van der Waals surface area contributed by atoms with Crippen LogP contribution >= 0.6 is 0 Å². The van der Waals surface area contributed by atoms with Crippen molar-refractivity contribution < 1.29 is 9.53 Å². The van der Waals surface area contributed by atoms with Crippen molar-refractivity contribution >= 4 is 5.91 Å². The average molecular weight is 292 g/mol. The van der Waals surface area contributed by atoms with Gasteiger partial charge in [-0.1, -0.05) is 0 Å². The second-order valence-corrected chi connectivity index (χ2v) is 6.23. The van der Waals surface area contributed by atoms with E-state index in [1.54, 1.807) is 6.07 Å². The van der Waals surface area contributed by atoms with E-state index in [1.807, 2.05) is 0 Å². The van der Waals surface area contributed by atoms with E-state index in [4.69, 9.17) is 10.5 Å². The molecule has 3 N–H and O–H groups in total. The Morgan fingerprint density at radius 3 is 3.05 bits per heavy atom. The molecule has 1 saturated carbocycles. The van der Waals surface area contributed by atoms with Crippen molar-refractivity contribution in [3.8, 4) is 0 Å². The van der Waals surface area contributed by atoms with Gasteiger partial charge in [-0.3, -0.25) is 9.89 Å². The Labute approximate surface area is 125 Å². The fourth-order valence-electron chi connectivity index (χ4n) is 2.91. The molecule has 21 heavy (non-hydrogen) atoms. The molecular formula is C15H24N4O2. The van der Waals surface area contributed by atoms with Crippen LogP contribution < -0.4 is 5.73 Å². The molecule has 1 aromatic rings. The Morgan fingerprint density at radius 1 is 1.48 bits per heavy atom. The standard InChI is InChI=1S/C15H24N4O2/c16-15(20)14-8-13(17-18-14)12-2-1-5-19(9-12)6-7-21-10-11-3-4-11/h8,11-12H,1-7,9-10H2,(H2,16,20)(H,17,18)/t12-/m0/s1. The smallest absolute Gasteiger partial charge is 0.269 e. The molecule has 2 heterocycles. The Bertz CT molecular complexity index is 484. The van der Waals surface area contributed by atoms with Crippen LogP contribution in [-0.2, 0) is 4.74 Å². The number of hydrogen-bond acceptors (Lipinski definition) is 4. The fourth-order valence-corrected chi connectivity index (χ4v) is 2.91. The molecule has 0 spiro atoms. The molecule has 1 aliphatic carbocycles. The molecule has 6 heteroatoms. The lowest BCUT2D eigenvalue weighted by atomic mass is 9.94. The minimum Gasteiger partial charge on any atom is -0.380 e. The van der Waals surface area contributed by atoms with Gasteiger partial charge in [0.1, 0.15) is 5.69 Å². The van der Waals surface area contributed by atoms with Crippen LogP contribution in [0.4, 0.5) is 0 Å². The highest BCUT2D eigenvalue weighted by atomic mass is 16.5. The quantitative estimate of drug-likeness (QED) is 0.737. The number of carbonyl (C=O) groups excluding carboxylic acids is 1. The molecule has 6 nitrogen and oxygen atoms in total. The number of carbonyl (C=O) groups is 1. The van der Waals surface area contributed by atoms with Crippen LogP contribution in [0.1, 0.15) is 47.8 Å². The van der Waals surface area contributed by atoms with Crippen molar-refractivity contribution in [2.75, 3.05) is 32.8 Å². The van der Waals surface area contributed by atoms with Gasteiger partial charge in [0, 0.05) is 31.3 Å². The van der Waals surface area contributed by atoms with Crippen molar-refractivity contribution in [3.63, 3.8) is 0 Å². The minimum atomic E-state index is -0.473. The molecule has 0 unspecified atom stereocenters. The molecule has 1 amide bonds. The molecule has 1 aromatic heterocycles. The summed E-state index contributed by atoms with van der Waals surface area (Å²) in [6.07, 6.45) is 4.97. The Kier molecular flexibility index (Phi) is 4.55. The third-order valence-corrected chi connectivity index (χ3v) is 4.40. The molecule has 0 aromatic carbocycles. The van der Waals surface area contributed by atoms with Gasteiger partial charge in [0.2, 0.25) is 0 Å². The number of nitrogens with one attached hydrogen (secondary N) is 1. The van der Waals surface area contributed by atoms with Crippen molar-refractivity contribution in [1.82, 2.24) is 15.1 Å². The molecule has 2 fully saturated rings. The fraction of sp³-hybridized carbons (Fsp3) is 0.733. The summed E-state index contributed by atoms with van der Waals surface area (Å²) in [6, 6.07) is 1.79. The second-order valence-electron chi connectivity index (χ2n) is 6.23. The van der Waals surface area contributed by atoms with E-state index in [0.29, 0.717) is 11.6 Å². The zero-order valence-corrected chi connectivity index (χ0v) is 12.4. The van der Waals surface area contributed by atoms with E-state index in [9.17, 15) is 4.79 Å². The number of nitrogens with two attached hydrogens (primary N) is 1. The molecular weight excluding hydrogens is 268 g/mol. The number of primary amides is 1. The van der Waals surface area contributed by atoms with Gasteiger partial charge in [0.25, 0.3) is 5.91 Å². The van der Waals surface area contributed by atoms with Crippen LogP contribution in [0.25, 0.3) is 0 Å². The first-order chi connectivity index (χ1) is 10.2. The Balaban J connectivity index is 1.46.